The number of imidazole rings is 1. The first-order valence-electron chi connectivity index (χ1n) is 9.74. The van der Waals surface area contributed by atoms with Crippen LogP contribution in [0.1, 0.15) is 43.9 Å². The Balaban J connectivity index is 1.64. The summed E-state index contributed by atoms with van der Waals surface area (Å²) in [6, 6.07) is 12.6. The molecule has 5 nitrogen and oxygen atoms in total. The van der Waals surface area contributed by atoms with Crippen LogP contribution in [-0.4, -0.2) is 32.9 Å². The summed E-state index contributed by atoms with van der Waals surface area (Å²) in [4.78, 5) is 4.66. The lowest BCUT2D eigenvalue weighted by Crippen LogP contribution is -2.31. The molecule has 1 aliphatic rings. The number of nitrogens with zero attached hydrogens (tertiary/aromatic N) is 3. The minimum atomic E-state index is 0.381. The van der Waals surface area contributed by atoms with Crippen molar-refractivity contribution in [1.29, 1.82) is 0 Å². The van der Waals surface area contributed by atoms with Gasteiger partial charge in [0.25, 0.3) is 0 Å². The minimum absolute atomic E-state index is 0.381. The smallest absolute Gasteiger partial charge is 0.177 e. The first-order chi connectivity index (χ1) is 13.2. The predicted molar refractivity (Wildman–Crippen MR) is 113 cm³/mol. The molecule has 1 fully saturated rings. The first-order valence-corrected chi connectivity index (χ1v) is 10.6. The quantitative estimate of drug-likeness (QED) is 0.666. The monoisotopic (exact) mass is 381 g/mol. The van der Waals surface area contributed by atoms with Gasteiger partial charge in [0.15, 0.2) is 5.65 Å². The highest BCUT2D eigenvalue weighted by atomic mass is 32.2. The van der Waals surface area contributed by atoms with Gasteiger partial charge in [0.05, 0.1) is 17.6 Å². The number of piperidine rings is 1. The van der Waals surface area contributed by atoms with Crippen LogP contribution in [0.3, 0.4) is 0 Å². The van der Waals surface area contributed by atoms with Gasteiger partial charge >= 0.3 is 0 Å². The van der Waals surface area contributed by atoms with Gasteiger partial charge in [-0.25, -0.2) is 9.50 Å². The van der Waals surface area contributed by atoms with Gasteiger partial charge in [-0.3, -0.25) is 0 Å². The molecule has 0 saturated carbocycles. The molecule has 1 aliphatic heterocycles. The van der Waals surface area contributed by atoms with E-state index < -0.39 is 0 Å². The molecule has 142 valence electrons. The van der Waals surface area contributed by atoms with Crippen molar-refractivity contribution in [3.05, 3.63) is 53.9 Å². The zero-order chi connectivity index (χ0) is 18.6. The minimum Gasteiger partial charge on any atom is -0.378 e. The summed E-state index contributed by atoms with van der Waals surface area (Å²) in [5.41, 5.74) is 4.36. The van der Waals surface area contributed by atoms with Gasteiger partial charge in [0.1, 0.15) is 5.03 Å². The summed E-state index contributed by atoms with van der Waals surface area (Å²) in [6.07, 6.45) is 4.43. The summed E-state index contributed by atoms with van der Waals surface area (Å²) in [5, 5.41) is 13.6. The fraction of sp³-hybridized carbons (Fsp3) is 0.429. The van der Waals surface area contributed by atoms with Crippen LogP contribution in [0.2, 0.25) is 0 Å². The normalized spacial score (nSPS) is 17.5. The summed E-state index contributed by atoms with van der Waals surface area (Å²) in [6.45, 7) is 7.34. The van der Waals surface area contributed by atoms with Crippen molar-refractivity contribution < 1.29 is 0 Å². The number of hydrogen-bond acceptors (Lipinski definition) is 5. The average molecular weight is 382 g/mol. The summed E-state index contributed by atoms with van der Waals surface area (Å²) in [7, 11) is 0. The van der Waals surface area contributed by atoms with E-state index in [9.17, 15) is 0 Å². The van der Waals surface area contributed by atoms with Crippen molar-refractivity contribution in [2.45, 2.75) is 49.4 Å². The second-order valence-electron chi connectivity index (χ2n) is 7.39. The van der Waals surface area contributed by atoms with Crippen molar-refractivity contribution in [1.82, 2.24) is 19.9 Å². The maximum atomic E-state index is 4.92. The fourth-order valence-electron chi connectivity index (χ4n) is 3.43. The first kappa shape index (κ1) is 18.3. The van der Waals surface area contributed by atoms with E-state index in [4.69, 9.17) is 5.10 Å². The van der Waals surface area contributed by atoms with Crippen LogP contribution in [0, 0.1) is 0 Å². The molecule has 3 aromatic rings. The highest BCUT2D eigenvalue weighted by molar-refractivity contribution is 7.99. The van der Waals surface area contributed by atoms with Crippen LogP contribution in [0.4, 0.5) is 5.69 Å². The molecule has 2 aromatic heterocycles. The third kappa shape index (κ3) is 4.28. The molecule has 1 aromatic carbocycles. The molecule has 0 bridgehead atoms. The second kappa shape index (κ2) is 8.31. The van der Waals surface area contributed by atoms with Crippen molar-refractivity contribution in [2.24, 2.45) is 0 Å². The van der Waals surface area contributed by atoms with Gasteiger partial charge in [-0.2, -0.15) is 5.10 Å². The third-order valence-corrected chi connectivity index (χ3v) is 6.10. The zero-order valence-electron chi connectivity index (χ0n) is 16.0. The fourth-order valence-corrected chi connectivity index (χ4v) is 4.57. The number of fused-ring (bicyclic) bond motifs is 1. The molecule has 0 aliphatic carbocycles. The largest absolute Gasteiger partial charge is 0.378 e. The molecule has 0 radical (unpaired) electrons. The van der Waals surface area contributed by atoms with E-state index in [2.05, 4.69) is 59.8 Å². The Hall–Kier alpha value is -2.05. The Bertz CT molecular complexity index is 884. The Labute approximate surface area is 165 Å². The van der Waals surface area contributed by atoms with Crippen LogP contribution < -0.4 is 10.6 Å². The molecule has 1 saturated heterocycles. The van der Waals surface area contributed by atoms with E-state index in [0.717, 1.165) is 41.7 Å². The van der Waals surface area contributed by atoms with E-state index >= 15 is 0 Å². The van der Waals surface area contributed by atoms with Crippen LogP contribution in [-0.2, 0) is 6.54 Å². The lowest BCUT2D eigenvalue weighted by molar-refractivity contribution is 0.531. The third-order valence-electron chi connectivity index (χ3n) is 4.93. The number of rotatable bonds is 6. The Morgan fingerprint density at radius 3 is 2.89 bits per heavy atom. The van der Waals surface area contributed by atoms with Crippen LogP contribution in [0.25, 0.3) is 5.65 Å². The van der Waals surface area contributed by atoms with Crippen LogP contribution >= 0.6 is 11.8 Å². The van der Waals surface area contributed by atoms with Gasteiger partial charge in [-0.05, 0) is 36.9 Å². The molecule has 1 atom stereocenters. The molecule has 0 unspecified atom stereocenters. The standard InChI is InChI=1S/C21H27N5S/c1-15(2)19-14-24-21-18(23-12-16-7-4-3-5-8-16)11-20(25-26(19)21)27-17-9-6-10-22-13-17/h3-5,7-8,11,14-15,17,22-23H,6,9-10,12-13H2,1-2H3/t17-/m0/s1. The molecule has 0 amide bonds. The molecular formula is C21H27N5S. The van der Waals surface area contributed by atoms with Gasteiger partial charge in [0.2, 0.25) is 0 Å². The number of anilines is 1. The zero-order valence-corrected chi connectivity index (χ0v) is 16.8. The van der Waals surface area contributed by atoms with Gasteiger partial charge in [0, 0.05) is 18.3 Å². The average Bonchev–Trinajstić information content (AvgIpc) is 3.12. The Morgan fingerprint density at radius 2 is 2.15 bits per heavy atom. The topological polar surface area (TPSA) is 54.2 Å². The molecule has 6 heteroatoms. The van der Waals surface area contributed by atoms with Crippen molar-refractivity contribution in [2.75, 3.05) is 18.4 Å². The Morgan fingerprint density at radius 1 is 1.30 bits per heavy atom. The summed E-state index contributed by atoms with van der Waals surface area (Å²) in [5.74, 6) is 0.381. The summed E-state index contributed by atoms with van der Waals surface area (Å²) < 4.78 is 2.02. The Kier molecular flexibility index (Phi) is 5.64. The van der Waals surface area contributed by atoms with E-state index in [1.807, 2.05) is 28.5 Å². The van der Waals surface area contributed by atoms with Gasteiger partial charge in [-0.1, -0.05) is 55.9 Å². The maximum absolute atomic E-state index is 4.92. The molecule has 0 spiro atoms. The van der Waals surface area contributed by atoms with E-state index in [1.54, 1.807) is 0 Å². The van der Waals surface area contributed by atoms with Crippen LogP contribution in [0.5, 0.6) is 0 Å². The number of aromatic nitrogens is 3. The van der Waals surface area contributed by atoms with Crippen molar-refractivity contribution in [3.8, 4) is 0 Å². The number of benzene rings is 1. The lowest BCUT2D eigenvalue weighted by Gasteiger charge is -2.22. The number of thioether (sulfide) groups is 1. The van der Waals surface area contributed by atoms with E-state index in [0.29, 0.717) is 11.2 Å². The molecule has 3 heterocycles. The van der Waals surface area contributed by atoms with Gasteiger partial charge in [-0.15, -0.1) is 0 Å². The second-order valence-corrected chi connectivity index (χ2v) is 8.72. The van der Waals surface area contributed by atoms with Crippen molar-refractivity contribution in [3.63, 3.8) is 0 Å². The lowest BCUT2D eigenvalue weighted by atomic mass is 10.2. The van der Waals surface area contributed by atoms with Crippen molar-refractivity contribution >= 4 is 23.1 Å². The van der Waals surface area contributed by atoms with Gasteiger partial charge < -0.3 is 10.6 Å². The molecular weight excluding hydrogens is 354 g/mol. The number of nitrogens with one attached hydrogen (secondary N) is 2. The predicted octanol–water partition coefficient (Wildman–Crippen LogP) is 4.31. The van der Waals surface area contributed by atoms with Crippen LogP contribution in [0.15, 0.2) is 47.6 Å². The highest BCUT2D eigenvalue weighted by Gasteiger charge is 2.18. The van der Waals surface area contributed by atoms with E-state index in [-0.39, 0.29) is 0 Å². The highest BCUT2D eigenvalue weighted by Crippen LogP contribution is 2.30. The SMILES string of the molecule is CC(C)c1cnc2c(NCc3ccccc3)cc(S[C@H]3CCCNC3)nn12. The molecule has 27 heavy (non-hydrogen) atoms. The number of hydrogen-bond donors (Lipinski definition) is 2. The molecule has 4 rings (SSSR count). The van der Waals surface area contributed by atoms with E-state index in [1.165, 1.54) is 18.4 Å². The molecule has 2 N–H and O–H groups in total. The maximum Gasteiger partial charge on any atom is 0.177 e. The summed E-state index contributed by atoms with van der Waals surface area (Å²) >= 11 is 1.88.